The Hall–Kier alpha value is -3.91. The van der Waals surface area contributed by atoms with Gasteiger partial charge < -0.3 is 25.4 Å². The Kier molecular flexibility index (Phi) is 5.22. The zero-order valence-electron chi connectivity index (χ0n) is 18.8. The van der Waals surface area contributed by atoms with E-state index in [1.807, 2.05) is 74.2 Å². The number of ether oxygens (including phenoxy) is 2. The maximum Gasteiger partial charge on any atom is 0.289 e. The first-order valence-corrected chi connectivity index (χ1v) is 10.8. The highest BCUT2D eigenvalue weighted by molar-refractivity contribution is 5.92. The van der Waals surface area contributed by atoms with Crippen molar-refractivity contribution in [2.24, 2.45) is 15.7 Å². The lowest BCUT2D eigenvalue weighted by atomic mass is 10.1. The molecule has 0 fully saturated rings. The second kappa shape index (κ2) is 8.22. The van der Waals surface area contributed by atoms with Gasteiger partial charge in [0.15, 0.2) is 0 Å². The van der Waals surface area contributed by atoms with Gasteiger partial charge in [-0.2, -0.15) is 0 Å². The molecule has 8 nitrogen and oxygen atoms in total. The zero-order chi connectivity index (χ0) is 23.0. The third-order valence-electron chi connectivity index (χ3n) is 5.50. The van der Waals surface area contributed by atoms with Crippen LogP contribution in [0.3, 0.4) is 0 Å². The minimum atomic E-state index is -0.397. The second-order valence-corrected chi connectivity index (χ2v) is 8.75. The van der Waals surface area contributed by atoms with Gasteiger partial charge in [-0.05, 0) is 74.9 Å². The number of aromatic nitrogens is 1. The molecule has 0 bridgehead atoms. The minimum absolute atomic E-state index is 0.223. The van der Waals surface area contributed by atoms with E-state index in [0.717, 1.165) is 33.9 Å². The van der Waals surface area contributed by atoms with Crippen molar-refractivity contribution in [2.75, 3.05) is 16.8 Å². The van der Waals surface area contributed by atoms with Crippen molar-refractivity contribution in [3.63, 3.8) is 0 Å². The number of hydrogen-bond donors (Lipinski definition) is 2. The molecule has 33 heavy (non-hydrogen) atoms. The summed E-state index contributed by atoms with van der Waals surface area (Å²) in [6, 6.07) is 16.1. The van der Waals surface area contributed by atoms with Gasteiger partial charge in [-0.3, -0.25) is 4.98 Å². The number of anilines is 2. The van der Waals surface area contributed by atoms with Crippen molar-refractivity contribution in [2.45, 2.75) is 32.5 Å². The fourth-order valence-electron chi connectivity index (χ4n) is 3.78. The van der Waals surface area contributed by atoms with E-state index in [9.17, 15) is 0 Å². The number of fused-ring (bicyclic) bond motifs is 1. The molecule has 2 aromatic carbocycles. The van der Waals surface area contributed by atoms with Gasteiger partial charge in [-0.1, -0.05) is 0 Å². The Bertz CT molecular complexity index is 1240. The van der Waals surface area contributed by atoms with Gasteiger partial charge in [0.25, 0.3) is 6.02 Å². The number of aryl methyl sites for hydroxylation is 1. The number of nitrogens with zero attached hydrogens (tertiary/aromatic N) is 4. The van der Waals surface area contributed by atoms with Crippen LogP contribution in [0.15, 0.2) is 70.9 Å². The fourth-order valence-corrected chi connectivity index (χ4v) is 3.78. The Morgan fingerprint density at radius 3 is 2.79 bits per heavy atom. The normalized spacial score (nSPS) is 18.4. The van der Waals surface area contributed by atoms with Crippen LogP contribution >= 0.6 is 0 Å². The molecule has 0 saturated carbocycles. The predicted octanol–water partition coefficient (Wildman–Crippen LogP) is 4.90. The van der Waals surface area contributed by atoms with Gasteiger partial charge in [0.2, 0.25) is 0 Å². The van der Waals surface area contributed by atoms with E-state index in [0.29, 0.717) is 18.4 Å². The van der Waals surface area contributed by atoms with Gasteiger partial charge >= 0.3 is 0 Å². The summed E-state index contributed by atoms with van der Waals surface area (Å²) >= 11 is 0. The Morgan fingerprint density at radius 1 is 1.18 bits per heavy atom. The zero-order valence-corrected chi connectivity index (χ0v) is 18.8. The summed E-state index contributed by atoms with van der Waals surface area (Å²) in [6.45, 7) is 6.62. The lowest BCUT2D eigenvalue weighted by Gasteiger charge is -2.31. The second-order valence-electron chi connectivity index (χ2n) is 8.75. The van der Waals surface area contributed by atoms with E-state index in [1.165, 1.54) is 0 Å². The van der Waals surface area contributed by atoms with Crippen LogP contribution in [0.25, 0.3) is 0 Å². The van der Waals surface area contributed by atoms with Crippen LogP contribution < -0.4 is 20.7 Å². The molecular weight excluding hydrogens is 416 g/mol. The number of aliphatic imine (C=N–C) groups is 2. The maximum atomic E-state index is 6.66. The van der Waals surface area contributed by atoms with Crippen molar-refractivity contribution < 1.29 is 9.47 Å². The monoisotopic (exact) mass is 442 g/mol. The Balaban J connectivity index is 1.36. The van der Waals surface area contributed by atoms with Crippen LogP contribution in [0.1, 0.15) is 31.1 Å². The van der Waals surface area contributed by atoms with Crippen molar-refractivity contribution >= 4 is 29.4 Å². The standard InChI is InChI=1S/C25H26N6O2/c1-16-11-18(7-9-22(16)33-19-5-4-10-27-13-19)31-15-28-21-8-6-17(12-20(21)23(31)26)29-24-30-25(2,3)14-32-24/h4-13,15,23H,14,26H2,1-3H3,(H,29,30). The summed E-state index contributed by atoms with van der Waals surface area (Å²) in [4.78, 5) is 15.2. The Morgan fingerprint density at radius 2 is 2.06 bits per heavy atom. The topological polar surface area (TPSA) is 97.4 Å². The molecule has 2 aliphatic rings. The Labute approximate surface area is 192 Å². The number of benzene rings is 2. The molecule has 1 atom stereocenters. The number of nitrogens with two attached hydrogens (primary N) is 1. The summed E-state index contributed by atoms with van der Waals surface area (Å²) in [7, 11) is 0. The maximum absolute atomic E-state index is 6.66. The predicted molar refractivity (Wildman–Crippen MR) is 131 cm³/mol. The van der Waals surface area contributed by atoms with Crippen LogP contribution in [-0.2, 0) is 4.74 Å². The average Bonchev–Trinajstić information content (AvgIpc) is 3.14. The number of rotatable bonds is 4. The molecule has 3 heterocycles. The van der Waals surface area contributed by atoms with Crippen LogP contribution in [0.4, 0.5) is 17.1 Å². The van der Waals surface area contributed by atoms with Gasteiger partial charge in [0.05, 0.1) is 23.8 Å². The number of nitrogens with one attached hydrogen (secondary N) is 1. The summed E-state index contributed by atoms with van der Waals surface area (Å²) in [6.07, 6.45) is 4.77. The van der Waals surface area contributed by atoms with E-state index in [4.69, 9.17) is 15.2 Å². The summed E-state index contributed by atoms with van der Waals surface area (Å²) in [5.74, 6) is 1.46. The summed E-state index contributed by atoms with van der Waals surface area (Å²) in [5, 5.41) is 3.24. The molecule has 5 rings (SSSR count). The van der Waals surface area contributed by atoms with E-state index in [-0.39, 0.29) is 5.54 Å². The van der Waals surface area contributed by atoms with E-state index < -0.39 is 6.17 Å². The lowest BCUT2D eigenvalue weighted by Crippen LogP contribution is -2.35. The highest BCUT2D eigenvalue weighted by atomic mass is 16.5. The van der Waals surface area contributed by atoms with E-state index in [1.54, 1.807) is 18.7 Å². The molecular formula is C25H26N6O2. The molecule has 0 spiro atoms. The largest absolute Gasteiger partial charge is 0.462 e. The first-order valence-electron chi connectivity index (χ1n) is 10.8. The molecule has 3 N–H and O–H groups in total. The molecule has 2 aliphatic heterocycles. The van der Waals surface area contributed by atoms with Crippen molar-refractivity contribution in [3.8, 4) is 11.5 Å². The smallest absolute Gasteiger partial charge is 0.289 e. The van der Waals surface area contributed by atoms with Crippen molar-refractivity contribution in [1.29, 1.82) is 0 Å². The highest BCUT2D eigenvalue weighted by Crippen LogP contribution is 2.36. The lowest BCUT2D eigenvalue weighted by molar-refractivity contribution is 0.278. The minimum Gasteiger partial charge on any atom is -0.462 e. The van der Waals surface area contributed by atoms with E-state index in [2.05, 4.69) is 20.3 Å². The van der Waals surface area contributed by atoms with Gasteiger partial charge in [-0.15, -0.1) is 0 Å². The number of amidine groups is 1. The summed E-state index contributed by atoms with van der Waals surface area (Å²) in [5.41, 5.74) is 11.0. The summed E-state index contributed by atoms with van der Waals surface area (Å²) < 4.78 is 11.6. The average molecular weight is 443 g/mol. The van der Waals surface area contributed by atoms with E-state index >= 15 is 0 Å². The fraction of sp³-hybridized carbons (Fsp3) is 0.240. The molecule has 0 aliphatic carbocycles. The third kappa shape index (κ3) is 4.38. The molecule has 3 aromatic rings. The number of hydrogen-bond acceptors (Lipinski definition) is 8. The number of pyridine rings is 1. The molecule has 0 saturated heterocycles. The highest BCUT2D eigenvalue weighted by Gasteiger charge is 2.27. The molecule has 168 valence electrons. The van der Waals surface area contributed by atoms with Crippen LogP contribution in [0, 0.1) is 6.92 Å². The first kappa shape index (κ1) is 21.0. The van der Waals surface area contributed by atoms with Crippen LogP contribution in [-0.4, -0.2) is 29.5 Å². The van der Waals surface area contributed by atoms with Crippen LogP contribution in [0.5, 0.6) is 11.5 Å². The molecule has 1 aromatic heterocycles. The van der Waals surface area contributed by atoms with Crippen molar-refractivity contribution in [3.05, 3.63) is 72.1 Å². The SMILES string of the molecule is Cc1cc(N2C=Nc3ccc(NC4=NC(C)(C)CO4)cc3C2N)ccc1Oc1cccnc1. The van der Waals surface area contributed by atoms with Gasteiger partial charge in [0.1, 0.15) is 24.3 Å². The third-order valence-corrected chi connectivity index (χ3v) is 5.50. The van der Waals surface area contributed by atoms with Gasteiger partial charge in [-0.25, -0.2) is 9.98 Å². The molecule has 1 unspecified atom stereocenters. The molecule has 8 heteroatoms. The van der Waals surface area contributed by atoms with Crippen LogP contribution in [0.2, 0.25) is 0 Å². The molecule has 0 amide bonds. The first-order chi connectivity index (χ1) is 15.9. The quantitative estimate of drug-likeness (QED) is 0.597. The molecule has 0 radical (unpaired) electrons. The van der Waals surface area contributed by atoms with Gasteiger partial charge in [0, 0.05) is 23.1 Å². The van der Waals surface area contributed by atoms with Crippen molar-refractivity contribution in [1.82, 2.24) is 4.98 Å².